The van der Waals surface area contributed by atoms with Gasteiger partial charge in [0, 0.05) is 63.1 Å². The average molecular weight is 436 g/mol. The number of nitrogens with two attached hydrogens (primary N) is 1. The number of carbonyl (C=O) groups is 1. The first-order chi connectivity index (χ1) is 12.6. The average Bonchev–Trinajstić information content (AvgIpc) is 2.84. The molecule has 28 heavy (non-hydrogen) atoms. The minimum Gasteiger partial charge on any atom is -0.381 e. The Labute approximate surface area is 177 Å². The molecule has 2 fully saturated rings. The molecule has 0 aliphatic carbocycles. The topological polar surface area (TPSA) is 113 Å². The molecule has 0 spiro atoms. The Morgan fingerprint density at radius 3 is 2.71 bits per heavy atom. The number of ether oxygens (including phenoxy) is 1. The Kier molecular flexibility index (Phi) is 11.0. The van der Waals surface area contributed by atoms with E-state index >= 15 is 0 Å². The first kappa shape index (κ1) is 24.8. The smallest absolute Gasteiger partial charge is 0.250 e. The van der Waals surface area contributed by atoms with Crippen LogP contribution in [0.1, 0.15) is 31.4 Å². The summed E-state index contributed by atoms with van der Waals surface area (Å²) in [5.74, 6) is 0.0273. The molecular formula is C18H31Cl2N5O3. The third kappa shape index (κ3) is 7.33. The van der Waals surface area contributed by atoms with Crippen LogP contribution in [0, 0.1) is 5.92 Å². The van der Waals surface area contributed by atoms with E-state index in [1.165, 1.54) is 12.4 Å². The van der Waals surface area contributed by atoms with E-state index in [4.69, 9.17) is 10.5 Å². The molecule has 8 nitrogen and oxygen atoms in total. The SMILES string of the molecule is Cl.Cl.N[C@H]1CC[C@@H](C(=O)NCCc2cc(=O)[nH]cn2)CN(C2CCOCC2)C1. The predicted octanol–water partition coefficient (Wildman–Crippen LogP) is 0.491. The third-order valence-corrected chi connectivity index (χ3v) is 5.30. The lowest BCUT2D eigenvalue weighted by atomic mass is 10.0. The summed E-state index contributed by atoms with van der Waals surface area (Å²) in [5.41, 5.74) is 6.75. The summed E-state index contributed by atoms with van der Waals surface area (Å²) in [7, 11) is 0. The molecule has 0 aromatic carbocycles. The molecule has 2 atom stereocenters. The van der Waals surface area contributed by atoms with Gasteiger partial charge in [-0.1, -0.05) is 0 Å². The number of H-pyrrole nitrogens is 1. The van der Waals surface area contributed by atoms with Gasteiger partial charge in [-0.2, -0.15) is 0 Å². The lowest BCUT2D eigenvalue weighted by molar-refractivity contribution is -0.125. The zero-order valence-corrected chi connectivity index (χ0v) is 17.6. The number of amides is 1. The van der Waals surface area contributed by atoms with Gasteiger partial charge in [-0.3, -0.25) is 14.5 Å². The molecule has 0 bridgehead atoms. The van der Waals surface area contributed by atoms with Crippen LogP contribution in [-0.4, -0.2) is 65.7 Å². The molecule has 1 amide bonds. The van der Waals surface area contributed by atoms with Crippen LogP contribution in [0.5, 0.6) is 0 Å². The summed E-state index contributed by atoms with van der Waals surface area (Å²) in [6.45, 7) is 3.67. The summed E-state index contributed by atoms with van der Waals surface area (Å²) in [5, 5.41) is 3.00. The quantitative estimate of drug-likeness (QED) is 0.619. The normalized spacial score (nSPS) is 23.8. The number of carbonyl (C=O) groups excluding carboxylic acids is 1. The lowest BCUT2D eigenvalue weighted by Crippen LogP contribution is -2.47. The van der Waals surface area contributed by atoms with Gasteiger partial charge in [0.05, 0.1) is 12.2 Å². The van der Waals surface area contributed by atoms with E-state index in [0.29, 0.717) is 24.7 Å². The number of aromatic nitrogens is 2. The van der Waals surface area contributed by atoms with Gasteiger partial charge in [0.1, 0.15) is 0 Å². The second-order valence-electron chi connectivity index (χ2n) is 7.28. The number of nitrogens with one attached hydrogen (secondary N) is 2. The van der Waals surface area contributed by atoms with Gasteiger partial charge < -0.3 is 20.8 Å². The van der Waals surface area contributed by atoms with E-state index in [2.05, 4.69) is 20.2 Å². The molecular weight excluding hydrogens is 405 g/mol. The van der Waals surface area contributed by atoms with Crippen LogP contribution in [0.25, 0.3) is 0 Å². The maximum absolute atomic E-state index is 12.7. The van der Waals surface area contributed by atoms with Crippen LogP contribution in [-0.2, 0) is 16.0 Å². The standard InChI is InChI=1S/C18H29N5O3.2ClH/c19-14-2-1-13(10-23(11-14)16-4-7-26-8-5-16)18(25)20-6-3-15-9-17(24)22-12-21-15;;/h9,12-14,16H,1-8,10-11,19H2,(H,20,25)(H,21,22,24);2*1H/t13-,14+;;/m1../s1. The fraction of sp³-hybridized carbons (Fsp3) is 0.722. The molecule has 1 aromatic heterocycles. The highest BCUT2D eigenvalue weighted by Crippen LogP contribution is 2.22. The van der Waals surface area contributed by atoms with E-state index in [1.807, 2.05) is 0 Å². The molecule has 0 saturated carbocycles. The van der Waals surface area contributed by atoms with Crippen molar-refractivity contribution in [1.82, 2.24) is 20.2 Å². The summed E-state index contributed by atoms with van der Waals surface area (Å²) >= 11 is 0. The van der Waals surface area contributed by atoms with Gasteiger partial charge in [-0.15, -0.1) is 24.8 Å². The molecule has 3 heterocycles. The molecule has 10 heteroatoms. The minimum absolute atomic E-state index is 0. The second-order valence-corrected chi connectivity index (χ2v) is 7.28. The van der Waals surface area contributed by atoms with E-state index < -0.39 is 0 Å². The number of rotatable bonds is 5. The number of aromatic amines is 1. The fourth-order valence-corrected chi connectivity index (χ4v) is 3.82. The van der Waals surface area contributed by atoms with Gasteiger partial charge >= 0.3 is 0 Å². The van der Waals surface area contributed by atoms with E-state index in [1.54, 1.807) is 0 Å². The van der Waals surface area contributed by atoms with Crippen molar-refractivity contribution in [1.29, 1.82) is 0 Å². The highest BCUT2D eigenvalue weighted by Gasteiger charge is 2.31. The van der Waals surface area contributed by atoms with Crippen molar-refractivity contribution >= 4 is 30.7 Å². The Morgan fingerprint density at radius 1 is 1.25 bits per heavy atom. The number of hydrogen-bond acceptors (Lipinski definition) is 6. The van der Waals surface area contributed by atoms with Crippen molar-refractivity contribution in [3.8, 4) is 0 Å². The van der Waals surface area contributed by atoms with Crippen molar-refractivity contribution < 1.29 is 9.53 Å². The Morgan fingerprint density at radius 2 is 2.00 bits per heavy atom. The van der Waals surface area contributed by atoms with Crippen LogP contribution >= 0.6 is 24.8 Å². The highest BCUT2D eigenvalue weighted by atomic mass is 35.5. The Balaban J connectivity index is 0.00000196. The first-order valence-corrected chi connectivity index (χ1v) is 9.50. The Bertz CT molecular complexity index is 654. The van der Waals surface area contributed by atoms with Gasteiger partial charge in [0.2, 0.25) is 5.91 Å². The molecule has 2 saturated heterocycles. The highest BCUT2D eigenvalue weighted by molar-refractivity contribution is 5.85. The Hall–Kier alpha value is -1.19. The molecule has 0 radical (unpaired) electrons. The number of likely N-dealkylation sites (tertiary alicyclic amines) is 1. The molecule has 2 aliphatic heterocycles. The van der Waals surface area contributed by atoms with Gasteiger partial charge in [-0.25, -0.2) is 4.98 Å². The zero-order chi connectivity index (χ0) is 18.4. The number of halogens is 2. The number of hydrogen-bond donors (Lipinski definition) is 3. The fourth-order valence-electron chi connectivity index (χ4n) is 3.82. The van der Waals surface area contributed by atoms with Crippen LogP contribution in [0.3, 0.4) is 0 Å². The van der Waals surface area contributed by atoms with Crippen molar-refractivity contribution in [2.75, 3.05) is 32.8 Å². The molecule has 4 N–H and O–H groups in total. The molecule has 1 aromatic rings. The van der Waals surface area contributed by atoms with Gasteiger partial charge in [-0.05, 0) is 25.7 Å². The largest absolute Gasteiger partial charge is 0.381 e. The maximum atomic E-state index is 12.7. The molecule has 3 rings (SSSR count). The molecule has 0 unspecified atom stereocenters. The van der Waals surface area contributed by atoms with Crippen LogP contribution in [0.15, 0.2) is 17.2 Å². The monoisotopic (exact) mass is 435 g/mol. The van der Waals surface area contributed by atoms with Crippen molar-refractivity contribution in [2.45, 2.75) is 44.2 Å². The predicted molar refractivity (Wildman–Crippen MR) is 112 cm³/mol. The molecule has 160 valence electrons. The molecule has 2 aliphatic rings. The van der Waals surface area contributed by atoms with Gasteiger partial charge in [0.25, 0.3) is 5.56 Å². The van der Waals surface area contributed by atoms with Crippen molar-refractivity contribution in [2.24, 2.45) is 11.7 Å². The lowest BCUT2D eigenvalue weighted by Gasteiger charge is -2.35. The minimum atomic E-state index is -0.175. The summed E-state index contributed by atoms with van der Waals surface area (Å²) in [6, 6.07) is 2.04. The van der Waals surface area contributed by atoms with Crippen molar-refractivity contribution in [3.63, 3.8) is 0 Å². The maximum Gasteiger partial charge on any atom is 0.250 e. The summed E-state index contributed by atoms with van der Waals surface area (Å²) in [6.07, 6.45) is 5.64. The third-order valence-electron chi connectivity index (χ3n) is 5.30. The zero-order valence-electron chi connectivity index (χ0n) is 16.0. The van der Waals surface area contributed by atoms with Crippen LogP contribution < -0.4 is 16.6 Å². The van der Waals surface area contributed by atoms with E-state index in [0.717, 1.165) is 52.0 Å². The summed E-state index contributed by atoms with van der Waals surface area (Å²) in [4.78, 5) is 32.9. The van der Waals surface area contributed by atoms with Crippen LogP contribution in [0.2, 0.25) is 0 Å². The van der Waals surface area contributed by atoms with Gasteiger partial charge in [0.15, 0.2) is 0 Å². The van der Waals surface area contributed by atoms with E-state index in [9.17, 15) is 9.59 Å². The van der Waals surface area contributed by atoms with Crippen molar-refractivity contribution in [3.05, 3.63) is 28.4 Å². The van der Waals surface area contributed by atoms with E-state index in [-0.39, 0.29) is 48.2 Å². The van der Waals surface area contributed by atoms with Crippen LogP contribution in [0.4, 0.5) is 0 Å². The second kappa shape index (κ2) is 12.4. The first-order valence-electron chi connectivity index (χ1n) is 9.50. The number of nitrogens with zero attached hydrogens (tertiary/aromatic N) is 2. The summed E-state index contributed by atoms with van der Waals surface area (Å²) < 4.78 is 5.46.